The van der Waals surface area contributed by atoms with Crippen molar-refractivity contribution in [3.8, 4) is 0 Å². The molecule has 0 unspecified atom stereocenters. The number of para-hydroxylation sites is 1. The van der Waals surface area contributed by atoms with Crippen LogP contribution in [0.25, 0.3) is 0 Å². The van der Waals surface area contributed by atoms with Crippen LogP contribution in [0.1, 0.15) is 28.3 Å². The van der Waals surface area contributed by atoms with Crippen LogP contribution in [0.3, 0.4) is 0 Å². The minimum atomic E-state index is -1.06. The van der Waals surface area contributed by atoms with Crippen LogP contribution in [0.4, 0.5) is 5.69 Å². The molecule has 1 aliphatic rings. The van der Waals surface area contributed by atoms with Crippen LogP contribution >= 0.6 is 0 Å². The maximum absolute atomic E-state index is 12.2. The second kappa shape index (κ2) is 6.84. The largest absolute Gasteiger partial charge is 0.478 e. The van der Waals surface area contributed by atoms with E-state index in [2.05, 4.69) is 14.9 Å². The number of carbonyl (C=O) groups excluding carboxylic acids is 1. The molecule has 7 heteroatoms. The van der Waals surface area contributed by atoms with Crippen LogP contribution in [-0.4, -0.2) is 45.0 Å². The summed E-state index contributed by atoms with van der Waals surface area (Å²) in [6.07, 6.45) is 3.99. The van der Waals surface area contributed by atoms with E-state index < -0.39 is 5.97 Å². The number of benzene rings is 1. The maximum Gasteiger partial charge on any atom is 0.337 e. The Morgan fingerprint density at radius 1 is 1.38 bits per heavy atom. The predicted molar refractivity (Wildman–Crippen MR) is 88.9 cm³/mol. The smallest absolute Gasteiger partial charge is 0.337 e. The van der Waals surface area contributed by atoms with E-state index in [0.29, 0.717) is 12.2 Å². The fourth-order valence-corrected chi connectivity index (χ4v) is 2.99. The molecule has 126 valence electrons. The first-order valence-electron chi connectivity index (χ1n) is 7.88. The number of likely N-dealkylation sites (N-methyl/N-ethyl adjacent to an activating group) is 1. The Balaban J connectivity index is 1.59. The molecule has 24 heavy (non-hydrogen) atoms. The standard InChI is InChI=1S/C17H20N4O3/c1-20(10-12-9-18-15-7-4-8-21(12)15)11-16(22)19-14-6-3-2-5-13(14)17(23)24/h2-3,5-6,9H,4,7-8,10-11H2,1H3,(H,19,22)(H,23,24). The molecule has 0 atom stereocenters. The fourth-order valence-electron chi connectivity index (χ4n) is 2.99. The highest BCUT2D eigenvalue weighted by molar-refractivity contribution is 6.01. The molecule has 3 rings (SSSR count). The van der Waals surface area contributed by atoms with E-state index in [1.54, 1.807) is 18.2 Å². The molecule has 0 aliphatic carbocycles. The zero-order chi connectivity index (χ0) is 17.1. The summed E-state index contributed by atoms with van der Waals surface area (Å²) < 4.78 is 2.20. The zero-order valence-electron chi connectivity index (χ0n) is 13.5. The Kier molecular flexibility index (Phi) is 4.61. The number of anilines is 1. The molecule has 0 spiro atoms. The van der Waals surface area contributed by atoms with Crippen molar-refractivity contribution >= 4 is 17.6 Å². The summed E-state index contributed by atoms with van der Waals surface area (Å²) in [4.78, 5) is 29.7. The summed E-state index contributed by atoms with van der Waals surface area (Å²) in [7, 11) is 1.86. The summed E-state index contributed by atoms with van der Waals surface area (Å²) in [6, 6.07) is 6.38. The quantitative estimate of drug-likeness (QED) is 0.841. The number of hydrogen-bond donors (Lipinski definition) is 2. The van der Waals surface area contributed by atoms with E-state index in [-0.39, 0.29) is 18.0 Å². The topological polar surface area (TPSA) is 87.5 Å². The number of aromatic nitrogens is 2. The molecule has 0 fully saturated rings. The van der Waals surface area contributed by atoms with Crippen LogP contribution in [0.2, 0.25) is 0 Å². The van der Waals surface area contributed by atoms with Gasteiger partial charge in [-0.25, -0.2) is 9.78 Å². The van der Waals surface area contributed by atoms with E-state index in [0.717, 1.165) is 30.9 Å². The number of carboxylic acids is 1. The van der Waals surface area contributed by atoms with Crippen LogP contribution < -0.4 is 5.32 Å². The molecule has 0 bridgehead atoms. The van der Waals surface area contributed by atoms with Crippen molar-refractivity contribution in [2.75, 3.05) is 18.9 Å². The first-order chi connectivity index (χ1) is 11.5. The third kappa shape index (κ3) is 3.46. The minimum Gasteiger partial charge on any atom is -0.478 e. The summed E-state index contributed by atoms with van der Waals surface area (Å²) >= 11 is 0. The Hall–Kier alpha value is -2.67. The Morgan fingerprint density at radius 3 is 2.96 bits per heavy atom. The molecule has 1 aromatic heterocycles. The number of imidazole rings is 1. The van der Waals surface area contributed by atoms with Gasteiger partial charge < -0.3 is 15.0 Å². The number of hydrogen-bond acceptors (Lipinski definition) is 4. The highest BCUT2D eigenvalue weighted by Crippen LogP contribution is 2.17. The van der Waals surface area contributed by atoms with Crippen molar-refractivity contribution < 1.29 is 14.7 Å². The van der Waals surface area contributed by atoms with E-state index in [1.807, 2.05) is 18.1 Å². The number of carbonyl (C=O) groups is 2. The number of nitrogens with zero attached hydrogens (tertiary/aromatic N) is 3. The summed E-state index contributed by atoms with van der Waals surface area (Å²) in [5, 5.41) is 11.8. The van der Waals surface area contributed by atoms with Crippen LogP contribution in [0.5, 0.6) is 0 Å². The van der Waals surface area contributed by atoms with Crippen molar-refractivity contribution in [2.45, 2.75) is 25.9 Å². The van der Waals surface area contributed by atoms with Crippen molar-refractivity contribution in [3.05, 3.63) is 47.5 Å². The van der Waals surface area contributed by atoms with Crippen LogP contribution in [0, 0.1) is 0 Å². The summed E-state index contributed by atoms with van der Waals surface area (Å²) in [5.41, 5.74) is 1.50. The number of aromatic carboxylic acids is 1. The highest BCUT2D eigenvalue weighted by Gasteiger charge is 2.18. The number of rotatable bonds is 6. The fraction of sp³-hybridized carbons (Fsp3) is 0.353. The Labute approximate surface area is 139 Å². The third-order valence-electron chi connectivity index (χ3n) is 4.08. The molecule has 2 heterocycles. The van der Waals surface area contributed by atoms with Gasteiger partial charge in [0.05, 0.1) is 23.5 Å². The Morgan fingerprint density at radius 2 is 2.17 bits per heavy atom. The molecule has 0 saturated carbocycles. The van der Waals surface area contributed by atoms with Gasteiger partial charge in [-0.3, -0.25) is 9.69 Å². The number of carboxylic acid groups (broad SMARTS) is 1. The average Bonchev–Trinajstić information content (AvgIpc) is 3.12. The molecular weight excluding hydrogens is 308 g/mol. The van der Waals surface area contributed by atoms with E-state index in [1.165, 1.54) is 6.07 Å². The van der Waals surface area contributed by atoms with Crippen molar-refractivity contribution in [2.24, 2.45) is 0 Å². The number of fused-ring (bicyclic) bond motifs is 1. The molecule has 1 aromatic carbocycles. The molecule has 2 N–H and O–H groups in total. The van der Waals surface area contributed by atoms with E-state index in [4.69, 9.17) is 5.11 Å². The first kappa shape index (κ1) is 16.2. The van der Waals surface area contributed by atoms with Gasteiger partial charge >= 0.3 is 5.97 Å². The van der Waals surface area contributed by atoms with E-state index in [9.17, 15) is 9.59 Å². The summed E-state index contributed by atoms with van der Waals surface area (Å²) in [5.74, 6) is -0.195. The minimum absolute atomic E-state index is 0.0853. The summed E-state index contributed by atoms with van der Waals surface area (Å²) in [6.45, 7) is 1.78. The van der Waals surface area contributed by atoms with Gasteiger partial charge in [-0.05, 0) is 25.6 Å². The maximum atomic E-state index is 12.2. The molecule has 0 saturated heterocycles. The second-order valence-electron chi connectivity index (χ2n) is 5.99. The van der Waals surface area contributed by atoms with Gasteiger partial charge in [0.15, 0.2) is 0 Å². The lowest BCUT2D eigenvalue weighted by Gasteiger charge is -2.17. The highest BCUT2D eigenvalue weighted by atomic mass is 16.4. The molecule has 1 amide bonds. The van der Waals surface area contributed by atoms with Crippen molar-refractivity contribution in [3.63, 3.8) is 0 Å². The zero-order valence-corrected chi connectivity index (χ0v) is 13.5. The molecule has 7 nitrogen and oxygen atoms in total. The molecule has 2 aromatic rings. The van der Waals surface area contributed by atoms with Gasteiger partial charge in [0.25, 0.3) is 0 Å². The number of aryl methyl sites for hydroxylation is 1. The predicted octanol–water partition coefficient (Wildman–Crippen LogP) is 1.60. The second-order valence-corrected chi connectivity index (χ2v) is 5.99. The van der Waals surface area contributed by atoms with Gasteiger partial charge in [-0.1, -0.05) is 12.1 Å². The van der Waals surface area contributed by atoms with Gasteiger partial charge in [-0.15, -0.1) is 0 Å². The third-order valence-corrected chi connectivity index (χ3v) is 4.08. The van der Waals surface area contributed by atoms with Gasteiger partial charge in [0.1, 0.15) is 5.82 Å². The van der Waals surface area contributed by atoms with Gasteiger partial charge in [0, 0.05) is 25.7 Å². The van der Waals surface area contributed by atoms with Gasteiger partial charge in [-0.2, -0.15) is 0 Å². The van der Waals surface area contributed by atoms with E-state index >= 15 is 0 Å². The van der Waals surface area contributed by atoms with Gasteiger partial charge in [0.2, 0.25) is 5.91 Å². The number of amides is 1. The SMILES string of the molecule is CN(CC(=O)Nc1ccccc1C(=O)O)Cc1cnc2n1CCC2. The normalized spacial score (nSPS) is 13.1. The van der Waals surface area contributed by atoms with Crippen molar-refractivity contribution in [1.29, 1.82) is 0 Å². The lowest BCUT2D eigenvalue weighted by Crippen LogP contribution is -2.30. The molecule has 1 aliphatic heterocycles. The lowest BCUT2D eigenvalue weighted by atomic mass is 10.2. The van der Waals surface area contributed by atoms with Crippen LogP contribution in [0.15, 0.2) is 30.5 Å². The van der Waals surface area contributed by atoms with Crippen LogP contribution in [-0.2, 0) is 24.3 Å². The lowest BCUT2D eigenvalue weighted by molar-refractivity contribution is -0.117. The average molecular weight is 328 g/mol. The van der Waals surface area contributed by atoms with Crippen molar-refractivity contribution in [1.82, 2.24) is 14.5 Å². The molecular formula is C17H20N4O3. The molecule has 0 radical (unpaired) electrons. The number of nitrogens with one attached hydrogen (secondary N) is 1. The Bertz CT molecular complexity index is 769. The first-order valence-corrected chi connectivity index (χ1v) is 7.88. The monoisotopic (exact) mass is 328 g/mol.